The molecule has 2 N–H and O–H groups in total. The van der Waals surface area contributed by atoms with E-state index in [9.17, 15) is 0 Å². The molecule has 0 aliphatic carbocycles. The summed E-state index contributed by atoms with van der Waals surface area (Å²) in [6.07, 6.45) is 0. The first-order valence-corrected chi connectivity index (χ1v) is 6.40. The molecule has 0 amide bonds. The van der Waals surface area contributed by atoms with Gasteiger partial charge in [-0.2, -0.15) is 15.0 Å². The highest BCUT2D eigenvalue weighted by Gasteiger charge is 2.07. The van der Waals surface area contributed by atoms with Crippen molar-refractivity contribution in [2.45, 2.75) is 6.61 Å². The fraction of sp³-hybridized carbons (Fsp3) is 0.250. The summed E-state index contributed by atoms with van der Waals surface area (Å²) in [4.78, 5) is 13.8. The van der Waals surface area contributed by atoms with E-state index in [1.807, 2.05) is 38.4 Å². The Hall–Kier alpha value is -1.89. The SMILES string of the molecule is CN(C)c1nc(N)nc(OCc2cccc(Br)c2)n1. The molecule has 2 rings (SSSR count). The lowest BCUT2D eigenvalue weighted by Gasteiger charge is -2.11. The highest BCUT2D eigenvalue weighted by molar-refractivity contribution is 9.10. The Morgan fingerprint density at radius 3 is 2.74 bits per heavy atom. The average Bonchev–Trinajstić information content (AvgIpc) is 2.36. The van der Waals surface area contributed by atoms with Gasteiger partial charge in [-0.1, -0.05) is 28.1 Å². The predicted molar refractivity (Wildman–Crippen MR) is 77.0 cm³/mol. The van der Waals surface area contributed by atoms with E-state index in [2.05, 4.69) is 30.9 Å². The average molecular weight is 324 g/mol. The molecule has 7 heteroatoms. The molecule has 0 atom stereocenters. The first kappa shape index (κ1) is 13.5. The van der Waals surface area contributed by atoms with E-state index in [0.29, 0.717) is 12.6 Å². The Morgan fingerprint density at radius 1 is 1.26 bits per heavy atom. The van der Waals surface area contributed by atoms with E-state index in [1.165, 1.54) is 0 Å². The van der Waals surface area contributed by atoms with Gasteiger partial charge in [0.2, 0.25) is 11.9 Å². The van der Waals surface area contributed by atoms with Gasteiger partial charge in [0.15, 0.2) is 0 Å². The molecular weight excluding hydrogens is 310 g/mol. The maximum absolute atomic E-state index is 5.61. The molecule has 1 aromatic carbocycles. The molecule has 0 saturated carbocycles. The van der Waals surface area contributed by atoms with Crippen LogP contribution >= 0.6 is 15.9 Å². The zero-order valence-electron chi connectivity index (χ0n) is 10.7. The van der Waals surface area contributed by atoms with Gasteiger partial charge in [0, 0.05) is 18.6 Å². The van der Waals surface area contributed by atoms with E-state index in [1.54, 1.807) is 4.90 Å². The number of ether oxygens (including phenoxy) is 1. The number of rotatable bonds is 4. The van der Waals surface area contributed by atoms with Gasteiger partial charge in [0.1, 0.15) is 6.61 Å². The first-order chi connectivity index (χ1) is 9.04. The largest absolute Gasteiger partial charge is 0.458 e. The van der Waals surface area contributed by atoms with Crippen LogP contribution in [0, 0.1) is 0 Å². The summed E-state index contributed by atoms with van der Waals surface area (Å²) in [6, 6.07) is 8.04. The van der Waals surface area contributed by atoms with Crippen LogP contribution in [0.3, 0.4) is 0 Å². The van der Waals surface area contributed by atoms with E-state index in [4.69, 9.17) is 10.5 Å². The molecule has 0 saturated heterocycles. The third-order valence-electron chi connectivity index (χ3n) is 2.28. The van der Waals surface area contributed by atoms with E-state index < -0.39 is 0 Å². The van der Waals surface area contributed by atoms with Gasteiger partial charge < -0.3 is 15.4 Å². The van der Waals surface area contributed by atoms with Gasteiger partial charge in [-0.25, -0.2) is 0 Å². The highest BCUT2D eigenvalue weighted by atomic mass is 79.9. The second-order valence-electron chi connectivity index (χ2n) is 4.09. The van der Waals surface area contributed by atoms with E-state index in [-0.39, 0.29) is 12.0 Å². The first-order valence-electron chi connectivity index (χ1n) is 5.61. The van der Waals surface area contributed by atoms with Crippen LogP contribution in [0.15, 0.2) is 28.7 Å². The van der Waals surface area contributed by atoms with Gasteiger partial charge in [0.05, 0.1) is 0 Å². The number of hydrogen-bond donors (Lipinski definition) is 1. The molecular formula is C12H14BrN5O. The van der Waals surface area contributed by atoms with Crippen LogP contribution in [0.25, 0.3) is 0 Å². The Kier molecular flexibility index (Phi) is 4.16. The van der Waals surface area contributed by atoms with Crippen molar-refractivity contribution >= 4 is 27.8 Å². The minimum absolute atomic E-state index is 0.142. The normalized spacial score (nSPS) is 10.3. The number of halogens is 1. The summed E-state index contributed by atoms with van der Waals surface area (Å²) in [6.45, 7) is 0.371. The van der Waals surface area contributed by atoms with Crippen molar-refractivity contribution in [1.29, 1.82) is 0 Å². The predicted octanol–water partition coefficient (Wildman–Crippen LogP) is 1.86. The number of benzene rings is 1. The molecule has 0 aliphatic rings. The molecule has 19 heavy (non-hydrogen) atoms. The fourth-order valence-electron chi connectivity index (χ4n) is 1.40. The summed E-state index contributed by atoms with van der Waals surface area (Å²) in [7, 11) is 3.65. The minimum atomic E-state index is 0.142. The van der Waals surface area contributed by atoms with Crippen LogP contribution in [-0.4, -0.2) is 29.0 Å². The topological polar surface area (TPSA) is 77.2 Å². The summed E-state index contributed by atoms with van der Waals surface area (Å²) in [5.41, 5.74) is 6.63. The summed E-state index contributed by atoms with van der Waals surface area (Å²) in [5, 5.41) is 0. The van der Waals surface area contributed by atoms with Gasteiger partial charge in [-0.15, -0.1) is 0 Å². The van der Waals surface area contributed by atoms with Crippen LogP contribution in [0.5, 0.6) is 6.01 Å². The van der Waals surface area contributed by atoms with E-state index in [0.717, 1.165) is 10.0 Å². The summed E-state index contributed by atoms with van der Waals surface area (Å²) < 4.78 is 6.53. The van der Waals surface area contributed by atoms with Crippen molar-refractivity contribution in [3.8, 4) is 6.01 Å². The lowest BCUT2D eigenvalue weighted by atomic mass is 10.2. The zero-order chi connectivity index (χ0) is 13.8. The molecule has 2 aromatic rings. The number of nitrogens with zero attached hydrogens (tertiary/aromatic N) is 4. The van der Waals surface area contributed by atoms with Crippen molar-refractivity contribution in [2.75, 3.05) is 24.7 Å². The Labute approximate surface area is 119 Å². The third-order valence-corrected chi connectivity index (χ3v) is 2.77. The molecule has 1 heterocycles. The van der Waals surface area contributed by atoms with Crippen LogP contribution < -0.4 is 15.4 Å². The zero-order valence-corrected chi connectivity index (χ0v) is 12.3. The maximum Gasteiger partial charge on any atom is 0.323 e. The van der Waals surface area contributed by atoms with Crippen LogP contribution in [-0.2, 0) is 6.61 Å². The molecule has 0 spiro atoms. The Bertz CT molecular complexity index is 576. The number of anilines is 2. The van der Waals surface area contributed by atoms with E-state index >= 15 is 0 Å². The molecule has 0 aliphatic heterocycles. The second-order valence-corrected chi connectivity index (χ2v) is 5.00. The minimum Gasteiger partial charge on any atom is -0.458 e. The van der Waals surface area contributed by atoms with Crippen LogP contribution in [0.4, 0.5) is 11.9 Å². The monoisotopic (exact) mass is 323 g/mol. The van der Waals surface area contributed by atoms with Gasteiger partial charge in [-0.05, 0) is 17.7 Å². The number of hydrogen-bond acceptors (Lipinski definition) is 6. The second kappa shape index (κ2) is 5.83. The van der Waals surface area contributed by atoms with Crippen molar-refractivity contribution in [3.05, 3.63) is 34.3 Å². The molecule has 0 radical (unpaired) electrons. The molecule has 0 fully saturated rings. The molecule has 0 unspecified atom stereocenters. The van der Waals surface area contributed by atoms with Crippen molar-refractivity contribution in [3.63, 3.8) is 0 Å². The molecule has 6 nitrogen and oxygen atoms in total. The summed E-state index contributed by atoms with van der Waals surface area (Å²) in [5.74, 6) is 0.611. The Balaban J connectivity index is 2.11. The standard InChI is InChI=1S/C12H14BrN5O/c1-18(2)11-15-10(14)16-12(17-11)19-7-8-4-3-5-9(13)6-8/h3-6H,7H2,1-2H3,(H2,14,15,16,17). The van der Waals surface area contributed by atoms with Crippen molar-refractivity contribution in [1.82, 2.24) is 15.0 Å². The van der Waals surface area contributed by atoms with Crippen molar-refractivity contribution in [2.24, 2.45) is 0 Å². The quantitative estimate of drug-likeness (QED) is 0.925. The number of aromatic nitrogens is 3. The third kappa shape index (κ3) is 3.78. The van der Waals surface area contributed by atoms with Gasteiger partial charge >= 0.3 is 6.01 Å². The molecule has 0 bridgehead atoms. The summed E-state index contributed by atoms with van der Waals surface area (Å²) >= 11 is 3.41. The lowest BCUT2D eigenvalue weighted by Crippen LogP contribution is -2.15. The highest BCUT2D eigenvalue weighted by Crippen LogP contribution is 2.15. The van der Waals surface area contributed by atoms with Crippen LogP contribution in [0.1, 0.15) is 5.56 Å². The Morgan fingerprint density at radius 2 is 2.05 bits per heavy atom. The van der Waals surface area contributed by atoms with Gasteiger partial charge in [-0.3, -0.25) is 0 Å². The fourth-order valence-corrected chi connectivity index (χ4v) is 1.85. The van der Waals surface area contributed by atoms with Crippen LogP contribution in [0.2, 0.25) is 0 Å². The lowest BCUT2D eigenvalue weighted by molar-refractivity contribution is 0.280. The smallest absolute Gasteiger partial charge is 0.323 e. The number of nitrogens with two attached hydrogens (primary N) is 1. The maximum atomic E-state index is 5.61. The van der Waals surface area contributed by atoms with Gasteiger partial charge in [0.25, 0.3) is 0 Å². The number of nitrogen functional groups attached to an aromatic ring is 1. The molecule has 1 aromatic heterocycles. The molecule has 100 valence electrons. The van der Waals surface area contributed by atoms with Crippen molar-refractivity contribution < 1.29 is 4.74 Å².